The summed E-state index contributed by atoms with van der Waals surface area (Å²) in [5.41, 5.74) is 0. The Hall–Kier alpha value is -0.790. The van der Waals surface area contributed by atoms with Crippen LogP contribution >= 0.6 is 0 Å². The predicted octanol–water partition coefficient (Wildman–Crippen LogP) is 5.41. The molecule has 0 amide bonds. The smallest absolute Gasteiger partial charge is 0.234 e. The highest BCUT2D eigenvalue weighted by molar-refractivity contribution is 4.79. The third-order valence-electron chi connectivity index (χ3n) is 4.51. The third-order valence-corrected chi connectivity index (χ3v) is 4.51. The summed E-state index contributed by atoms with van der Waals surface area (Å²) in [5.74, 6) is 1.43. The molecule has 0 bridgehead atoms. The van der Waals surface area contributed by atoms with Gasteiger partial charge in [-0.05, 0) is 25.7 Å². The van der Waals surface area contributed by atoms with Crippen molar-refractivity contribution in [2.24, 2.45) is 0 Å². The summed E-state index contributed by atoms with van der Waals surface area (Å²) in [4.78, 5) is 0. The van der Waals surface area contributed by atoms with Crippen molar-refractivity contribution in [3.05, 3.63) is 18.2 Å². The standard InChI is InChI=1S/C19H37N2/c1-4-6-8-10-11-12-14-16-21-18-17-20(19(21)3)15-13-9-7-5-2/h17-18H,4-16H2,1-3H3/q+1. The molecular weight excluding hydrogens is 256 g/mol. The fraction of sp³-hybridized carbons (Fsp3) is 0.842. The molecule has 122 valence electrons. The Morgan fingerprint density at radius 1 is 0.810 bits per heavy atom. The van der Waals surface area contributed by atoms with E-state index in [4.69, 9.17) is 0 Å². The van der Waals surface area contributed by atoms with Crippen LogP contribution in [0.5, 0.6) is 0 Å². The number of aryl methyl sites for hydroxylation is 2. The van der Waals surface area contributed by atoms with Gasteiger partial charge in [-0.1, -0.05) is 58.8 Å². The highest BCUT2D eigenvalue weighted by atomic mass is 15.1. The fourth-order valence-corrected chi connectivity index (χ4v) is 2.96. The van der Waals surface area contributed by atoms with E-state index in [1.807, 2.05) is 0 Å². The first-order chi connectivity index (χ1) is 10.3. The molecule has 2 heteroatoms. The average molecular weight is 294 g/mol. The SMILES string of the molecule is CCCCCCCCC[n+]1ccn(CCCCCC)c1C. The number of unbranched alkanes of at least 4 members (excludes halogenated alkanes) is 9. The van der Waals surface area contributed by atoms with Gasteiger partial charge in [-0.15, -0.1) is 0 Å². The highest BCUT2D eigenvalue weighted by Gasteiger charge is 2.10. The van der Waals surface area contributed by atoms with E-state index in [1.165, 1.54) is 89.5 Å². The molecule has 1 heterocycles. The summed E-state index contributed by atoms with van der Waals surface area (Å²) in [6.07, 6.45) is 19.7. The van der Waals surface area contributed by atoms with Crippen molar-refractivity contribution in [1.29, 1.82) is 0 Å². The monoisotopic (exact) mass is 293 g/mol. The molecule has 0 aromatic carbocycles. The minimum absolute atomic E-state index is 1.19. The summed E-state index contributed by atoms with van der Waals surface area (Å²) in [6, 6.07) is 0. The first-order valence-electron chi connectivity index (χ1n) is 9.34. The number of hydrogen-bond donors (Lipinski definition) is 0. The topological polar surface area (TPSA) is 8.81 Å². The number of aromatic nitrogens is 2. The van der Waals surface area contributed by atoms with Gasteiger partial charge in [0.2, 0.25) is 0 Å². The second-order valence-electron chi connectivity index (χ2n) is 6.41. The molecule has 1 aromatic heterocycles. The molecule has 2 nitrogen and oxygen atoms in total. The third kappa shape index (κ3) is 7.68. The van der Waals surface area contributed by atoms with E-state index in [9.17, 15) is 0 Å². The lowest BCUT2D eigenvalue weighted by atomic mass is 10.1. The van der Waals surface area contributed by atoms with Crippen LogP contribution in [0, 0.1) is 6.92 Å². The first-order valence-corrected chi connectivity index (χ1v) is 9.34. The van der Waals surface area contributed by atoms with Crippen LogP contribution in [0.4, 0.5) is 0 Å². The molecule has 0 aliphatic rings. The van der Waals surface area contributed by atoms with E-state index in [0.717, 1.165) is 0 Å². The molecule has 1 aromatic rings. The lowest BCUT2D eigenvalue weighted by Gasteiger charge is -2.02. The Labute approximate surface area is 132 Å². The maximum absolute atomic E-state index is 2.44. The van der Waals surface area contributed by atoms with Crippen molar-refractivity contribution in [1.82, 2.24) is 4.57 Å². The van der Waals surface area contributed by atoms with Gasteiger partial charge in [-0.3, -0.25) is 0 Å². The Morgan fingerprint density at radius 2 is 1.38 bits per heavy atom. The van der Waals surface area contributed by atoms with Gasteiger partial charge in [-0.2, -0.15) is 0 Å². The van der Waals surface area contributed by atoms with Gasteiger partial charge in [0.1, 0.15) is 12.4 Å². The Morgan fingerprint density at radius 3 is 2.05 bits per heavy atom. The van der Waals surface area contributed by atoms with E-state index in [2.05, 4.69) is 42.3 Å². The second kappa shape index (κ2) is 11.8. The van der Waals surface area contributed by atoms with Crippen molar-refractivity contribution in [3.63, 3.8) is 0 Å². The maximum Gasteiger partial charge on any atom is 0.253 e. The first kappa shape index (κ1) is 18.3. The fourth-order valence-electron chi connectivity index (χ4n) is 2.96. The quantitative estimate of drug-likeness (QED) is 0.339. The van der Waals surface area contributed by atoms with E-state index >= 15 is 0 Å². The maximum atomic E-state index is 2.44. The zero-order valence-corrected chi connectivity index (χ0v) is 14.7. The van der Waals surface area contributed by atoms with Crippen molar-refractivity contribution in [2.75, 3.05) is 0 Å². The van der Waals surface area contributed by atoms with Gasteiger partial charge >= 0.3 is 0 Å². The van der Waals surface area contributed by atoms with E-state index in [-0.39, 0.29) is 0 Å². The van der Waals surface area contributed by atoms with Crippen molar-refractivity contribution in [2.45, 2.75) is 104 Å². The lowest BCUT2D eigenvalue weighted by Crippen LogP contribution is -2.35. The molecule has 0 spiro atoms. The summed E-state index contributed by atoms with van der Waals surface area (Å²) in [6.45, 7) is 9.21. The van der Waals surface area contributed by atoms with Crippen LogP contribution in [0.25, 0.3) is 0 Å². The van der Waals surface area contributed by atoms with Gasteiger partial charge in [0.15, 0.2) is 0 Å². The van der Waals surface area contributed by atoms with Gasteiger partial charge < -0.3 is 0 Å². The van der Waals surface area contributed by atoms with Crippen LogP contribution in [0.15, 0.2) is 12.4 Å². The number of hydrogen-bond acceptors (Lipinski definition) is 0. The summed E-state index contributed by atoms with van der Waals surface area (Å²) in [7, 11) is 0. The van der Waals surface area contributed by atoms with Gasteiger partial charge in [-0.25, -0.2) is 9.13 Å². The normalized spacial score (nSPS) is 11.2. The minimum atomic E-state index is 1.19. The van der Waals surface area contributed by atoms with E-state index in [1.54, 1.807) is 0 Å². The predicted molar refractivity (Wildman–Crippen MR) is 91.5 cm³/mol. The van der Waals surface area contributed by atoms with Crippen molar-refractivity contribution >= 4 is 0 Å². The number of imidazole rings is 1. The highest BCUT2D eigenvalue weighted by Crippen LogP contribution is 2.07. The zero-order valence-electron chi connectivity index (χ0n) is 14.7. The molecule has 0 fully saturated rings. The molecule has 0 aliphatic carbocycles. The van der Waals surface area contributed by atoms with Crippen LogP contribution < -0.4 is 4.57 Å². The van der Waals surface area contributed by atoms with Crippen molar-refractivity contribution in [3.8, 4) is 0 Å². The molecule has 1 rings (SSSR count). The molecule has 21 heavy (non-hydrogen) atoms. The number of nitrogens with zero attached hydrogens (tertiary/aromatic N) is 2. The molecule has 0 atom stereocenters. The molecule has 0 N–H and O–H groups in total. The number of rotatable bonds is 13. The molecular formula is C19H37N2+. The zero-order chi connectivity index (χ0) is 15.3. The van der Waals surface area contributed by atoms with Crippen LogP contribution in [0.2, 0.25) is 0 Å². The summed E-state index contributed by atoms with van der Waals surface area (Å²) < 4.78 is 4.86. The van der Waals surface area contributed by atoms with Gasteiger partial charge in [0.05, 0.1) is 13.1 Å². The van der Waals surface area contributed by atoms with Gasteiger partial charge in [0, 0.05) is 6.92 Å². The van der Waals surface area contributed by atoms with Crippen LogP contribution in [-0.2, 0) is 13.1 Å². The van der Waals surface area contributed by atoms with Crippen LogP contribution in [-0.4, -0.2) is 4.57 Å². The van der Waals surface area contributed by atoms with Crippen LogP contribution in [0.3, 0.4) is 0 Å². The molecule has 0 saturated carbocycles. The Bertz CT molecular complexity index is 354. The minimum Gasteiger partial charge on any atom is -0.234 e. The molecule has 0 radical (unpaired) electrons. The molecule has 0 unspecified atom stereocenters. The van der Waals surface area contributed by atoms with E-state index in [0.29, 0.717) is 0 Å². The van der Waals surface area contributed by atoms with Crippen molar-refractivity contribution < 1.29 is 4.57 Å². The Kier molecular flexibility index (Phi) is 10.3. The van der Waals surface area contributed by atoms with Crippen LogP contribution in [0.1, 0.15) is 90.3 Å². The van der Waals surface area contributed by atoms with E-state index < -0.39 is 0 Å². The Balaban J connectivity index is 2.16. The lowest BCUT2D eigenvalue weighted by molar-refractivity contribution is -0.702. The summed E-state index contributed by atoms with van der Waals surface area (Å²) >= 11 is 0. The largest absolute Gasteiger partial charge is 0.253 e. The average Bonchev–Trinajstić information content (AvgIpc) is 2.84. The molecule has 0 saturated heterocycles. The molecule has 0 aliphatic heterocycles. The van der Waals surface area contributed by atoms with Gasteiger partial charge in [0.25, 0.3) is 5.82 Å². The second-order valence-corrected chi connectivity index (χ2v) is 6.41. The summed E-state index contributed by atoms with van der Waals surface area (Å²) in [5, 5.41) is 0.